The first-order chi connectivity index (χ1) is 13.4. The molecule has 2 aromatic carbocycles. The molecule has 150 valence electrons. The highest BCUT2D eigenvalue weighted by atomic mass is 35.5. The Morgan fingerprint density at radius 3 is 2.50 bits per heavy atom. The molecule has 1 unspecified atom stereocenters. The average molecular weight is 421 g/mol. The Hall–Kier alpha value is -1.91. The van der Waals surface area contributed by atoms with E-state index in [1.807, 2.05) is 6.92 Å². The molecule has 1 N–H and O–H groups in total. The molecule has 1 amide bonds. The van der Waals surface area contributed by atoms with E-state index in [4.69, 9.17) is 27.9 Å². The van der Waals surface area contributed by atoms with Gasteiger partial charge in [-0.1, -0.05) is 42.3 Å². The topological polar surface area (TPSA) is 41.6 Å². The number of halogens is 2. The van der Waals surface area contributed by atoms with Gasteiger partial charge in [0.05, 0.1) is 11.1 Å². The van der Waals surface area contributed by atoms with Gasteiger partial charge in [-0.2, -0.15) is 0 Å². The number of anilines is 1. The maximum atomic E-state index is 12.2. The highest BCUT2D eigenvalue weighted by Crippen LogP contribution is 2.27. The smallest absolute Gasteiger partial charge is 0.258 e. The third kappa shape index (κ3) is 5.55. The number of hydrogen-bond donors (Lipinski definition) is 1. The summed E-state index contributed by atoms with van der Waals surface area (Å²) in [6.07, 6.45) is 2.48. The number of ether oxygens (including phenoxy) is 1. The minimum Gasteiger partial charge on any atom is -0.482 e. The quantitative estimate of drug-likeness (QED) is 0.671. The number of carbonyl (C=O) groups is 1. The van der Waals surface area contributed by atoms with Crippen LogP contribution < -0.4 is 15.0 Å². The second kappa shape index (κ2) is 9.53. The lowest BCUT2D eigenvalue weighted by Gasteiger charge is -2.32. The largest absolute Gasteiger partial charge is 0.482 e. The highest BCUT2D eigenvalue weighted by Gasteiger charge is 2.17. The van der Waals surface area contributed by atoms with Crippen LogP contribution in [0.5, 0.6) is 5.75 Å². The molecule has 28 heavy (non-hydrogen) atoms. The molecule has 1 aliphatic rings. The van der Waals surface area contributed by atoms with Crippen LogP contribution in [0.4, 0.5) is 5.69 Å². The Labute approximate surface area is 176 Å². The number of nitrogens with one attached hydrogen (secondary N) is 1. The molecule has 6 heteroatoms. The Kier molecular flexibility index (Phi) is 7.08. The second-order valence-electron chi connectivity index (χ2n) is 7.41. The number of rotatable bonds is 6. The number of carbonyl (C=O) groups excluding carboxylic acids is 1. The molecular weight excluding hydrogens is 395 g/mol. The summed E-state index contributed by atoms with van der Waals surface area (Å²) >= 11 is 11.9. The molecule has 0 spiro atoms. The van der Waals surface area contributed by atoms with Gasteiger partial charge in [-0.3, -0.25) is 4.79 Å². The summed E-state index contributed by atoms with van der Waals surface area (Å²) in [7, 11) is 0. The summed E-state index contributed by atoms with van der Waals surface area (Å²) < 4.78 is 5.49. The number of piperidine rings is 1. The molecule has 1 aliphatic heterocycles. The van der Waals surface area contributed by atoms with Crippen molar-refractivity contribution in [2.75, 3.05) is 24.6 Å². The first kappa shape index (κ1) is 20.8. The maximum Gasteiger partial charge on any atom is 0.258 e. The Morgan fingerprint density at radius 2 is 1.86 bits per heavy atom. The summed E-state index contributed by atoms with van der Waals surface area (Å²) in [5.41, 5.74) is 2.31. The fourth-order valence-electron chi connectivity index (χ4n) is 3.34. The molecule has 1 fully saturated rings. The fourth-order valence-corrected chi connectivity index (χ4v) is 3.81. The van der Waals surface area contributed by atoms with Crippen LogP contribution in [0, 0.1) is 5.92 Å². The van der Waals surface area contributed by atoms with Crippen molar-refractivity contribution in [1.82, 2.24) is 5.32 Å². The summed E-state index contributed by atoms with van der Waals surface area (Å²) in [4.78, 5) is 14.6. The van der Waals surface area contributed by atoms with Crippen LogP contribution in [0.3, 0.4) is 0 Å². The number of benzene rings is 2. The average Bonchev–Trinajstić information content (AvgIpc) is 2.68. The Balaban J connectivity index is 1.51. The van der Waals surface area contributed by atoms with Gasteiger partial charge in [-0.25, -0.2) is 0 Å². The number of nitrogens with zero attached hydrogens (tertiary/aromatic N) is 1. The first-order valence-electron chi connectivity index (χ1n) is 9.64. The summed E-state index contributed by atoms with van der Waals surface area (Å²) in [6.45, 7) is 6.39. The minimum absolute atomic E-state index is 0.101. The normalized spacial score (nSPS) is 15.9. The molecule has 0 bridgehead atoms. The molecule has 2 aromatic rings. The molecule has 1 heterocycles. The van der Waals surface area contributed by atoms with Gasteiger partial charge in [0.1, 0.15) is 5.75 Å². The molecule has 0 saturated carbocycles. The predicted molar refractivity (Wildman–Crippen MR) is 116 cm³/mol. The second-order valence-corrected chi connectivity index (χ2v) is 8.26. The third-order valence-electron chi connectivity index (χ3n) is 5.17. The van der Waals surface area contributed by atoms with Crippen molar-refractivity contribution in [3.05, 3.63) is 58.1 Å². The lowest BCUT2D eigenvalue weighted by molar-refractivity contribution is -0.123. The van der Waals surface area contributed by atoms with Gasteiger partial charge in [0.2, 0.25) is 0 Å². The van der Waals surface area contributed by atoms with Gasteiger partial charge in [-0.15, -0.1) is 0 Å². The molecule has 3 rings (SSSR count). The number of amides is 1. The van der Waals surface area contributed by atoms with Crippen LogP contribution in [-0.4, -0.2) is 25.6 Å². The van der Waals surface area contributed by atoms with Crippen molar-refractivity contribution >= 4 is 34.8 Å². The van der Waals surface area contributed by atoms with Crippen molar-refractivity contribution in [2.45, 2.75) is 32.7 Å². The fraction of sp³-hybridized carbons (Fsp3) is 0.409. The van der Waals surface area contributed by atoms with Crippen LogP contribution in [0.2, 0.25) is 10.0 Å². The van der Waals surface area contributed by atoms with Gasteiger partial charge >= 0.3 is 0 Å². The van der Waals surface area contributed by atoms with Crippen LogP contribution in [0.15, 0.2) is 42.5 Å². The SMILES string of the molecule is CC1CCN(c2ccc(C(C)NC(=O)COc3ccc(Cl)cc3Cl)cc2)CC1. The monoisotopic (exact) mass is 420 g/mol. The summed E-state index contributed by atoms with van der Waals surface area (Å²) in [6, 6.07) is 13.2. The van der Waals surface area contributed by atoms with Crippen LogP contribution in [-0.2, 0) is 4.79 Å². The Morgan fingerprint density at radius 1 is 1.18 bits per heavy atom. The number of hydrogen-bond acceptors (Lipinski definition) is 3. The molecule has 4 nitrogen and oxygen atoms in total. The van der Waals surface area contributed by atoms with E-state index in [1.54, 1.807) is 18.2 Å². The highest BCUT2D eigenvalue weighted by molar-refractivity contribution is 6.35. The zero-order valence-electron chi connectivity index (χ0n) is 16.3. The van der Waals surface area contributed by atoms with E-state index in [0.29, 0.717) is 15.8 Å². The van der Waals surface area contributed by atoms with E-state index in [0.717, 1.165) is 24.6 Å². The van der Waals surface area contributed by atoms with Crippen molar-refractivity contribution < 1.29 is 9.53 Å². The van der Waals surface area contributed by atoms with Gasteiger partial charge in [0.25, 0.3) is 5.91 Å². The van der Waals surface area contributed by atoms with Crippen LogP contribution in [0.25, 0.3) is 0 Å². The molecule has 0 aliphatic carbocycles. The zero-order chi connectivity index (χ0) is 20.1. The summed E-state index contributed by atoms with van der Waals surface area (Å²) in [5, 5.41) is 3.87. The van der Waals surface area contributed by atoms with Crippen LogP contribution in [0.1, 0.15) is 38.3 Å². The van der Waals surface area contributed by atoms with Crippen molar-refractivity contribution in [3.8, 4) is 5.75 Å². The zero-order valence-corrected chi connectivity index (χ0v) is 17.8. The van der Waals surface area contributed by atoms with Gasteiger partial charge < -0.3 is 15.0 Å². The molecule has 1 atom stereocenters. The van der Waals surface area contributed by atoms with Crippen molar-refractivity contribution in [3.63, 3.8) is 0 Å². The van der Waals surface area contributed by atoms with E-state index in [2.05, 4.69) is 41.4 Å². The summed E-state index contributed by atoms with van der Waals surface area (Å²) in [5.74, 6) is 1.05. The third-order valence-corrected chi connectivity index (χ3v) is 5.70. The van der Waals surface area contributed by atoms with Gasteiger partial charge in [-0.05, 0) is 61.6 Å². The predicted octanol–water partition coefficient (Wildman–Crippen LogP) is 5.49. The van der Waals surface area contributed by atoms with E-state index < -0.39 is 0 Å². The molecule has 0 radical (unpaired) electrons. The minimum atomic E-state index is -0.201. The lowest BCUT2D eigenvalue weighted by Crippen LogP contribution is -2.33. The van der Waals surface area contributed by atoms with Crippen LogP contribution >= 0.6 is 23.2 Å². The first-order valence-corrected chi connectivity index (χ1v) is 10.4. The van der Waals surface area contributed by atoms with E-state index >= 15 is 0 Å². The Bertz CT molecular complexity index is 803. The van der Waals surface area contributed by atoms with Gasteiger partial charge in [0.15, 0.2) is 6.61 Å². The van der Waals surface area contributed by atoms with Crippen molar-refractivity contribution in [2.24, 2.45) is 5.92 Å². The van der Waals surface area contributed by atoms with Gasteiger partial charge in [0, 0.05) is 23.8 Å². The van der Waals surface area contributed by atoms with E-state index in [-0.39, 0.29) is 18.6 Å². The van der Waals surface area contributed by atoms with E-state index in [9.17, 15) is 4.79 Å². The molecule has 0 aromatic heterocycles. The standard InChI is InChI=1S/C22H26Cl2N2O2/c1-15-9-11-26(12-10-15)19-6-3-17(4-7-19)16(2)25-22(27)14-28-21-8-5-18(23)13-20(21)24/h3-8,13,15-16H,9-12,14H2,1-2H3,(H,25,27). The molecule has 1 saturated heterocycles. The van der Waals surface area contributed by atoms with E-state index in [1.165, 1.54) is 18.5 Å². The molecular formula is C22H26Cl2N2O2. The van der Waals surface area contributed by atoms with Crippen molar-refractivity contribution in [1.29, 1.82) is 0 Å². The lowest BCUT2D eigenvalue weighted by atomic mass is 9.98. The maximum absolute atomic E-state index is 12.2.